The molecule has 0 saturated carbocycles. The maximum atomic E-state index is 12.3. The SMILES string of the molecule is Cc1cc(C[C@H]2COC[C@H]2NC(=O)c2oc(C)nc2C)on1. The van der Waals surface area contributed by atoms with Gasteiger partial charge < -0.3 is 19.0 Å². The van der Waals surface area contributed by atoms with E-state index in [2.05, 4.69) is 15.5 Å². The number of amides is 1. The molecule has 3 heterocycles. The fourth-order valence-electron chi connectivity index (χ4n) is 2.71. The highest BCUT2D eigenvalue weighted by Gasteiger charge is 2.32. The Morgan fingerprint density at radius 1 is 1.36 bits per heavy atom. The molecule has 1 aliphatic heterocycles. The zero-order valence-electron chi connectivity index (χ0n) is 12.9. The van der Waals surface area contributed by atoms with Gasteiger partial charge in [0.2, 0.25) is 5.76 Å². The number of rotatable bonds is 4. The lowest BCUT2D eigenvalue weighted by molar-refractivity contribution is 0.0894. The van der Waals surface area contributed by atoms with E-state index < -0.39 is 0 Å². The molecule has 1 fully saturated rings. The number of carbonyl (C=O) groups is 1. The predicted octanol–water partition coefficient (Wildman–Crippen LogP) is 1.58. The monoisotopic (exact) mass is 305 g/mol. The van der Waals surface area contributed by atoms with Gasteiger partial charge in [-0.25, -0.2) is 4.98 Å². The second kappa shape index (κ2) is 5.92. The molecule has 1 saturated heterocycles. The predicted molar refractivity (Wildman–Crippen MR) is 76.5 cm³/mol. The third kappa shape index (κ3) is 3.04. The molecule has 2 aromatic rings. The van der Waals surface area contributed by atoms with Crippen LogP contribution < -0.4 is 5.32 Å². The van der Waals surface area contributed by atoms with E-state index >= 15 is 0 Å². The number of nitrogens with zero attached hydrogens (tertiary/aromatic N) is 2. The molecule has 7 nitrogen and oxygen atoms in total. The fourth-order valence-corrected chi connectivity index (χ4v) is 2.71. The molecular weight excluding hydrogens is 286 g/mol. The summed E-state index contributed by atoms with van der Waals surface area (Å²) < 4.78 is 16.1. The molecule has 0 radical (unpaired) electrons. The van der Waals surface area contributed by atoms with Crippen LogP contribution in [0.3, 0.4) is 0 Å². The Labute approximate surface area is 128 Å². The van der Waals surface area contributed by atoms with E-state index in [1.807, 2.05) is 13.0 Å². The van der Waals surface area contributed by atoms with Gasteiger partial charge in [0.15, 0.2) is 5.89 Å². The molecule has 0 aliphatic carbocycles. The molecule has 1 aliphatic rings. The molecule has 1 amide bonds. The fraction of sp³-hybridized carbons (Fsp3) is 0.533. The van der Waals surface area contributed by atoms with E-state index in [0.29, 0.717) is 31.2 Å². The van der Waals surface area contributed by atoms with Gasteiger partial charge in [-0.1, -0.05) is 5.16 Å². The number of ether oxygens (including phenoxy) is 1. The molecule has 2 aromatic heterocycles. The minimum Gasteiger partial charge on any atom is -0.436 e. The molecule has 7 heteroatoms. The van der Waals surface area contributed by atoms with Crippen LogP contribution in [-0.4, -0.2) is 35.3 Å². The first-order chi connectivity index (χ1) is 10.5. The lowest BCUT2D eigenvalue weighted by atomic mass is 9.98. The van der Waals surface area contributed by atoms with Crippen LogP contribution in [0, 0.1) is 26.7 Å². The van der Waals surface area contributed by atoms with Gasteiger partial charge >= 0.3 is 0 Å². The van der Waals surface area contributed by atoms with E-state index in [1.165, 1.54) is 0 Å². The van der Waals surface area contributed by atoms with Crippen molar-refractivity contribution in [1.29, 1.82) is 0 Å². The molecule has 0 bridgehead atoms. The van der Waals surface area contributed by atoms with Gasteiger partial charge in [0.25, 0.3) is 5.91 Å². The van der Waals surface area contributed by atoms with Crippen LogP contribution in [0.5, 0.6) is 0 Å². The summed E-state index contributed by atoms with van der Waals surface area (Å²) in [6.45, 7) is 6.42. The summed E-state index contributed by atoms with van der Waals surface area (Å²) in [6.07, 6.45) is 0.681. The Balaban J connectivity index is 1.66. The summed E-state index contributed by atoms with van der Waals surface area (Å²) in [4.78, 5) is 16.4. The smallest absolute Gasteiger partial charge is 0.289 e. The molecule has 0 aromatic carbocycles. The zero-order valence-corrected chi connectivity index (χ0v) is 12.9. The maximum Gasteiger partial charge on any atom is 0.289 e. The van der Waals surface area contributed by atoms with E-state index in [4.69, 9.17) is 13.7 Å². The van der Waals surface area contributed by atoms with Crippen molar-refractivity contribution >= 4 is 5.91 Å². The number of carbonyl (C=O) groups excluding carboxylic acids is 1. The summed E-state index contributed by atoms with van der Waals surface area (Å²) in [5.41, 5.74) is 1.44. The highest BCUT2D eigenvalue weighted by Crippen LogP contribution is 2.20. The largest absolute Gasteiger partial charge is 0.436 e. The van der Waals surface area contributed by atoms with Crippen molar-refractivity contribution in [2.24, 2.45) is 5.92 Å². The molecule has 0 unspecified atom stereocenters. The van der Waals surface area contributed by atoms with Crippen LogP contribution in [0.25, 0.3) is 0 Å². The number of nitrogens with one attached hydrogen (secondary N) is 1. The highest BCUT2D eigenvalue weighted by molar-refractivity contribution is 5.92. The zero-order chi connectivity index (χ0) is 15.7. The van der Waals surface area contributed by atoms with Crippen LogP contribution in [0.2, 0.25) is 0 Å². The Morgan fingerprint density at radius 3 is 2.82 bits per heavy atom. The van der Waals surface area contributed by atoms with Crippen LogP contribution in [-0.2, 0) is 11.2 Å². The summed E-state index contributed by atoms with van der Waals surface area (Å²) >= 11 is 0. The van der Waals surface area contributed by atoms with Crippen molar-refractivity contribution in [1.82, 2.24) is 15.5 Å². The molecular formula is C15H19N3O4. The standard InChI is InChI=1S/C15H19N3O4/c1-8-4-12(22-18-8)5-11-6-20-7-13(11)17-15(19)14-9(2)16-10(3)21-14/h4,11,13H,5-7H2,1-3H3,(H,17,19)/t11-,13+/m0/s1. The molecule has 2 atom stereocenters. The minimum absolute atomic E-state index is 0.0808. The minimum atomic E-state index is -0.257. The average Bonchev–Trinajstić information content (AvgIpc) is 3.13. The van der Waals surface area contributed by atoms with Crippen molar-refractivity contribution in [3.63, 3.8) is 0 Å². The lowest BCUT2D eigenvalue weighted by Gasteiger charge is -2.17. The Hall–Kier alpha value is -2.15. The normalized spacial score (nSPS) is 21.2. The number of hydrogen-bond acceptors (Lipinski definition) is 6. The Bertz CT molecular complexity index is 676. The number of aryl methyl sites for hydroxylation is 3. The molecule has 22 heavy (non-hydrogen) atoms. The first-order valence-electron chi connectivity index (χ1n) is 7.27. The van der Waals surface area contributed by atoms with E-state index in [1.54, 1.807) is 13.8 Å². The van der Waals surface area contributed by atoms with E-state index in [0.717, 1.165) is 11.5 Å². The van der Waals surface area contributed by atoms with Gasteiger partial charge in [0.05, 0.1) is 30.6 Å². The molecule has 0 spiro atoms. The maximum absolute atomic E-state index is 12.3. The van der Waals surface area contributed by atoms with Crippen molar-refractivity contribution in [2.75, 3.05) is 13.2 Å². The lowest BCUT2D eigenvalue weighted by Crippen LogP contribution is -2.40. The second-order valence-corrected chi connectivity index (χ2v) is 5.66. The summed E-state index contributed by atoms with van der Waals surface area (Å²) in [6, 6.07) is 1.82. The van der Waals surface area contributed by atoms with Crippen molar-refractivity contribution in [3.05, 3.63) is 34.9 Å². The average molecular weight is 305 g/mol. The Kier molecular flexibility index (Phi) is 3.98. The summed E-state index contributed by atoms with van der Waals surface area (Å²) in [5, 5.41) is 6.85. The Morgan fingerprint density at radius 2 is 2.18 bits per heavy atom. The molecule has 118 valence electrons. The van der Waals surface area contributed by atoms with Crippen molar-refractivity contribution in [3.8, 4) is 0 Å². The topological polar surface area (TPSA) is 90.4 Å². The first-order valence-corrected chi connectivity index (χ1v) is 7.27. The highest BCUT2D eigenvalue weighted by atomic mass is 16.5. The van der Waals surface area contributed by atoms with Gasteiger partial charge in [-0.3, -0.25) is 4.79 Å². The van der Waals surface area contributed by atoms with Crippen LogP contribution in [0.4, 0.5) is 0 Å². The van der Waals surface area contributed by atoms with Gasteiger partial charge in [0.1, 0.15) is 5.76 Å². The van der Waals surface area contributed by atoms with Crippen molar-refractivity contribution in [2.45, 2.75) is 33.2 Å². The number of oxazole rings is 1. The quantitative estimate of drug-likeness (QED) is 0.922. The number of hydrogen-bond donors (Lipinski definition) is 1. The molecule has 1 N–H and O–H groups in total. The van der Waals surface area contributed by atoms with Gasteiger partial charge in [-0.2, -0.15) is 0 Å². The van der Waals surface area contributed by atoms with Gasteiger partial charge in [-0.05, 0) is 13.8 Å². The van der Waals surface area contributed by atoms with Gasteiger partial charge in [-0.15, -0.1) is 0 Å². The first kappa shape index (κ1) is 14.8. The van der Waals surface area contributed by atoms with E-state index in [9.17, 15) is 4.79 Å². The van der Waals surface area contributed by atoms with Gasteiger partial charge in [0, 0.05) is 25.3 Å². The third-order valence-corrected chi connectivity index (χ3v) is 3.76. The van der Waals surface area contributed by atoms with Crippen LogP contribution >= 0.6 is 0 Å². The van der Waals surface area contributed by atoms with Crippen molar-refractivity contribution < 1.29 is 18.5 Å². The van der Waals surface area contributed by atoms with Crippen LogP contribution in [0.1, 0.15) is 33.6 Å². The van der Waals surface area contributed by atoms with Crippen LogP contribution in [0.15, 0.2) is 15.0 Å². The summed E-state index contributed by atoms with van der Waals surface area (Å²) in [5.74, 6) is 1.45. The second-order valence-electron chi connectivity index (χ2n) is 5.66. The summed E-state index contributed by atoms with van der Waals surface area (Å²) in [7, 11) is 0. The molecule has 3 rings (SSSR count). The third-order valence-electron chi connectivity index (χ3n) is 3.76. The van der Waals surface area contributed by atoms with E-state index in [-0.39, 0.29) is 23.6 Å². The number of aromatic nitrogens is 2.